The van der Waals surface area contributed by atoms with Crippen molar-refractivity contribution in [2.45, 2.75) is 73.4 Å². The third-order valence-corrected chi connectivity index (χ3v) is 4.42. The van der Waals surface area contributed by atoms with E-state index in [1.807, 2.05) is 0 Å². The molecule has 190 valence electrons. The molecule has 0 aromatic heterocycles. The highest BCUT2D eigenvalue weighted by Gasteiger charge is 2.61. The van der Waals surface area contributed by atoms with Crippen LogP contribution in [0.3, 0.4) is 0 Å². The fraction of sp³-hybridized carbons (Fsp3) is 1.00. The minimum Gasteiger partial charge on any atom is -0.344 e. The summed E-state index contributed by atoms with van der Waals surface area (Å²) in [5.41, 5.74) is -4.91. The van der Waals surface area contributed by atoms with Gasteiger partial charge in [0.2, 0.25) is 6.17 Å². The van der Waals surface area contributed by atoms with Gasteiger partial charge in [0, 0.05) is 0 Å². The molecule has 0 saturated heterocycles. The zero-order chi connectivity index (χ0) is 24.4. The van der Waals surface area contributed by atoms with Crippen LogP contribution in [0.2, 0.25) is 0 Å². The van der Waals surface area contributed by atoms with E-state index in [0.29, 0.717) is 0 Å². The van der Waals surface area contributed by atoms with Gasteiger partial charge in [-0.15, -0.1) is 0 Å². The van der Waals surface area contributed by atoms with Crippen LogP contribution in [0.4, 0.5) is 61.5 Å². The van der Waals surface area contributed by atoms with Gasteiger partial charge in [0.15, 0.2) is 49.4 Å². The van der Waals surface area contributed by atoms with Crippen molar-refractivity contribution in [1.82, 2.24) is 6.15 Å². The Kier molecular flexibility index (Phi) is 12.1. The summed E-state index contributed by atoms with van der Waals surface area (Å²) in [5, 5.41) is 0. The lowest BCUT2D eigenvalue weighted by molar-refractivity contribution is -0.145. The molecule has 0 aliphatic heterocycles. The molecule has 0 aliphatic carbocycles. The summed E-state index contributed by atoms with van der Waals surface area (Å²) in [7, 11) is -6.41. The maximum absolute atomic E-state index is 13.4. The maximum atomic E-state index is 13.4. The summed E-state index contributed by atoms with van der Waals surface area (Å²) in [4.78, 5) is 0. The smallest absolute Gasteiger partial charge is 0.328 e. The molecule has 0 radical (unpaired) electrons. The predicted octanol–water partition coefficient (Wildman–Crippen LogP) is 4.28. The van der Waals surface area contributed by atoms with Gasteiger partial charge in [0.05, 0.1) is 0 Å². The molecule has 4 N–H and O–H groups in total. The Morgan fingerprint density at radius 3 is 1.06 bits per heavy atom. The highest BCUT2D eigenvalue weighted by atomic mass is 32.2. The minimum atomic E-state index is -6.41. The quantitative estimate of drug-likeness (QED) is 0.298. The van der Waals surface area contributed by atoms with E-state index >= 15 is 0 Å². The molecule has 0 aromatic rings. The van der Waals surface area contributed by atoms with Gasteiger partial charge in [-0.2, -0.15) is 17.2 Å². The van der Waals surface area contributed by atoms with Crippen molar-refractivity contribution in [3.8, 4) is 0 Å². The summed E-state index contributed by atoms with van der Waals surface area (Å²) >= 11 is 0. The van der Waals surface area contributed by atoms with Crippen molar-refractivity contribution >= 4 is 10.1 Å². The average molecular weight is 519 g/mol. The molecule has 10 unspecified atom stereocenters. The fourth-order valence-electron chi connectivity index (χ4n) is 1.89. The van der Waals surface area contributed by atoms with Crippen LogP contribution in [-0.2, 0) is 10.1 Å². The molecular formula is C12H15F14NO3S. The van der Waals surface area contributed by atoms with E-state index in [1.54, 1.807) is 0 Å². The van der Waals surface area contributed by atoms with E-state index in [1.165, 1.54) is 0 Å². The lowest BCUT2D eigenvalue weighted by atomic mass is 9.95. The normalized spacial score (nSPS) is 23.0. The Morgan fingerprint density at radius 2 is 0.806 bits per heavy atom. The van der Waals surface area contributed by atoms with Crippen LogP contribution < -0.4 is 6.15 Å². The van der Waals surface area contributed by atoms with Crippen molar-refractivity contribution in [2.75, 3.05) is 0 Å². The van der Waals surface area contributed by atoms with Gasteiger partial charge in [-0.1, -0.05) is 0 Å². The molecule has 0 saturated carbocycles. The third-order valence-electron chi connectivity index (χ3n) is 3.58. The lowest BCUT2D eigenvalue weighted by Gasteiger charge is -2.29. The van der Waals surface area contributed by atoms with Crippen LogP contribution in [-0.4, -0.2) is 86.4 Å². The number of rotatable bonds is 12. The standard InChI is InChI=1S/C12H12F14O3S.H3N/c13-1(2(14)4(16)6(18)8(20)10(22)23)3(15)5(17)7(19)9(21)12(25,26)11(24)30(27,28)29;/h1-11H,(H,27,28,29);1H3. The van der Waals surface area contributed by atoms with Gasteiger partial charge in [-0.05, 0) is 0 Å². The van der Waals surface area contributed by atoms with Crippen LogP contribution in [0.1, 0.15) is 0 Å². The molecule has 0 heterocycles. The summed E-state index contributed by atoms with van der Waals surface area (Å²) in [6, 6.07) is 0. The minimum absolute atomic E-state index is 0. The van der Waals surface area contributed by atoms with Gasteiger partial charge >= 0.3 is 16.0 Å². The molecule has 10 atom stereocenters. The van der Waals surface area contributed by atoms with Gasteiger partial charge in [0.1, 0.15) is 0 Å². The number of hydrogen-bond acceptors (Lipinski definition) is 3. The Bertz CT molecular complexity index is 642. The lowest BCUT2D eigenvalue weighted by Crippen LogP contribution is -2.54. The second-order valence-electron chi connectivity index (χ2n) is 5.80. The Morgan fingerprint density at radius 1 is 0.548 bits per heavy atom. The van der Waals surface area contributed by atoms with Gasteiger partial charge in [-0.3, -0.25) is 4.55 Å². The van der Waals surface area contributed by atoms with Crippen molar-refractivity contribution < 1.29 is 74.4 Å². The summed E-state index contributed by atoms with van der Waals surface area (Å²) in [5.74, 6) is -6.09. The van der Waals surface area contributed by atoms with Crippen LogP contribution in [0, 0.1) is 0 Å². The molecule has 0 fully saturated rings. The zero-order valence-corrected chi connectivity index (χ0v) is 15.3. The third kappa shape index (κ3) is 7.47. The van der Waals surface area contributed by atoms with Gasteiger partial charge in [-0.25, -0.2) is 52.7 Å². The first-order valence-corrected chi connectivity index (χ1v) is 8.83. The summed E-state index contributed by atoms with van der Waals surface area (Å²) < 4.78 is 210. The van der Waals surface area contributed by atoms with Crippen molar-refractivity contribution in [3.63, 3.8) is 0 Å². The Balaban J connectivity index is 0. The molecule has 0 aromatic carbocycles. The second kappa shape index (κ2) is 11.7. The average Bonchev–Trinajstić information content (AvgIpc) is 2.66. The first-order valence-electron chi connectivity index (χ1n) is 7.33. The zero-order valence-electron chi connectivity index (χ0n) is 14.5. The Hall–Kier alpha value is -1.11. The van der Waals surface area contributed by atoms with E-state index in [-0.39, 0.29) is 6.15 Å². The first-order chi connectivity index (χ1) is 13.3. The number of halogens is 14. The van der Waals surface area contributed by atoms with E-state index in [4.69, 9.17) is 4.55 Å². The van der Waals surface area contributed by atoms with Crippen LogP contribution >= 0.6 is 0 Å². The molecular weight excluding hydrogens is 504 g/mol. The van der Waals surface area contributed by atoms with Crippen LogP contribution in [0.25, 0.3) is 0 Å². The van der Waals surface area contributed by atoms with Gasteiger partial charge < -0.3 is 6.15 Å². The predicted molar refractivity (Wildman–Crippen MR) is 76.5 cm³/mol. The van der Waals surface area contributed by atoms with E-state index in [0.717, 1.165) is 0 Å². The van der Waals surface area contributed by atoms with Crippen LogP contribution in [0.5, 0.6) is 0 Å². The number of alkyl halides is 14. The highest BCUT2D eigenvalue weighted by molar-refractivity contribution is 7.86. The van der Waals surface area contributed by atoms with Crippen molar-refractivity contribution in [1.29, 1.82) is 0 Å². The molecule has 0 aliphatic rings. The monoisotopic (exact) mass is 519 g/mol. The largest absolute Gasteiger partial charge is 0.344 e. The van der Waals surface area contributed by atoms with Crippen LogP contribution in [0.15, 0.2) is 0 Å². The maximum Gasteiger partial charge on any atom is 0.328 e. The topological polar surface area (TPSA) is 89.4 Å². The molecule has 0 rings (SSSR count). The fourth-order valence-corrected chi connectivity index (χ4v) is 2.42. The first kappa shape index (κ1) is 32.1. The second-order valence-corrected chi connectivity index (χ2v) is 7.24. The molecule has 0 bridgehead atoms. The van der Waals surface area contributed by atoms with E-state index in [2.05, 4.69) is 0 Å². The summed E-state index contributed by atoms with van der Waals surface area (Å²) in [6.45, 7) is 0. The SMILES string of the molecule is N.O=S(=O)(O)C(F)C(F)(F)C(F)C(F)C(F)C(F)C(F)C(F)C(F)C(F)C(F)C(F)F. The number of hydrogen-bond donors (Lipinski definition) is 2. The van der Waals surface area contributed by atoms with Crippen molar-refractivity contribution in [3.05, 3.63) is 0 Å². The Labute approximate surface area is 165 Å². The molecule has 0 amide bonds. The highest BCUT2D eigenvalue weighted by Crippen LogP contribution is 2.37. The van der Waals surface area contributed by atoms with E-state index in [9.17, 15) is 69.9 Å². The van der Waals surface area contributed by atoms with Crippen molar-refractivity contribution in [2.24, 2.45) is 0 Å². The molecule has 0 spiro atoms. The molecule has 4 nitrogen and oxygen atoms in total. The van der Waals surface area contributed by atoms with E-state index < -0.39 is 83.5 Å². The summed E-state index contributed by atoms with van der Waals surface area (Å²) in [6.07, 6.45) is -44.0. The van der Waals surface area contributed by atoms with Gasteiger partial charge in [0.25, 0.3) is 11.9 Å². The molecule has 19 heteroatoms. The molecule has 31 heavy (non-hydrogen) atoms.